The second kappa shape index (κ2) is 3.85. The molecule has 6 nitrogen and oxygen atoms in total. The Labute approximate surface area is 105 Å². The van der Waals surface area contributed by atoms with Gasteiger partial charge in [-0.05, 0) is 15.9 Å². The zero-order valence-electron chi connectivity index (χ0n) is 8.91. The Bertz CT molecular complexity index is 674. The van der Waals surface area contributed by atoms with Gasteiger partial charge in [-0.3, -0.25) is 9.08 Å². The van der Waals surface area contributed by atoms with Gasteiger partial charge in [-0.15, -0.1) is 0 Å². The largest absolute Gasteiger partial charge is 0.433 e. The van der Waals surface area contributed by atoms with E-state index in [1.807, 2.05) is 23.8 Å². The van der Waals surface area contributed by atoms with Crippen molar-refractivity contribution in [1.82, 2.24) is 24.1 Å². The fourth-order valence-corrected chi connectivity index (χ4v) is 1.89. The summed E-state index contributed by atoms with van der Waals surface area (Å²) in [6.07, 6.45) is 8.74. The maximum absolute atomic E-state index is 5.64. The van der Waals surface area contributed by atoms with Crippen molar-refractivity contribution in [3.05, 3.63) is 35.6 Å². The van der Waals surface area contributed by atoms with Crippen LogP contribution in [0.3, 0.4) is 0 Å². The van der Waals surface area contributed by atoms with E-state index in [1.165, 1.54) is 0 Å². The molecule has 0 aliphatic heterocycles. The van der Waals surface area contributed by atoms with Crippen molar-refractivity contribution in [2.75, 3.05) is 0 Å². The molecule has 3 aromatic rings. The average molecular weight is 294 g/mol. The molecule has 0 atom stereocenters. The van der Waals surface area contributed by atoms with Crippen molar-refractivity contribution in [3.8, 4) is 11.6 Å². The third-order valence-electron chi connectivity index (χ3n) is 2.21. The monoisotopic (exact) mass is 293 g/mol. The normalized spacial score (nSPS) is 10.9. The number of halogens is 1. The van der Waals surface area contributed by atoms with E-state index in [1.54, 1.807) is 23.3 Å². The van der Waals surface area contributed by atoms with Crippen LogP contribution in [0, 0.1) is 0 Å². The van der Waals surface area contributed by atoms with Crippen molar-refractivity contribution < 1.29 is 4.74 Å². The molecule has 17 heavy (non-hydrogen) atoms. The van der Waals surface area contributed by atoms with Crippen LogP contribution in [-0.4, -0.2) is 24.1 Å². The Morgan fingerprint density at radius 3 is 3.00 bits per heavy atom. The maximum atomic E-state index is 5.64. The van der Waals surface area contributed by atoms with Crippen molar-refractivity contribution in [1.29, 1.82) is 0 Å². The van der Waals surface area contributed by atoms with Gasteiger partial charge in [0.2, 0.25) is 5.65 Å². The van der Waals surface area contributed by atoms with E-state index in [0.29, 0.717) is 21.9 Å². The van der Waals surface area contributed by atoms with E-state index in [4.69, 9.17) is 4.74 Å². The van der Waals surface area contributed by atoms with E-state index in [2.05, 4.69) is 31.0 Å². The van der Waals surface area contributed by atoms with E-state index in [0.717, 1.165) is 0 Å². The first-order chi connectivity index (χ1) is 8.22. The molecular weight excluding hydrogens is 286 g/mol. The number of ether oxygens (including phenoxy) is 1. The Balaban J connectivity index is 2.07. The minimum absolute atomic E-state index is 0.442. The SMILES string of the molecule is Cn1cc(Oc2nc(Br)cn3ccnc23)cn1. The van der Waals surface area contributed by atoms with Crippen LogP contribution in [0.5, 0.6) is 11.6 Å². The first-order valence-electron chi connectivity index (χ1n) is 4.88. The molecule has 86 valence electrons. The number of imidazole rings is 1. The second-order valence-corrected chi connectivity index (χ2v) is 4.29. The predicted molar refractivity (Wildman–Crippen MR) is 64.0 cm³/mol. The summed E-state index contributed by atoms with van der Waals surface area (Å²) >= 11 is 3.33. The Hall–Kier alpha value is -1.89. The van der Waals surface area contributed by atoms with Crippen LogP contribution in [0.1, 0.15) is 0 Å². The summed E-state index contributed by atoms with van der Waals surface area (Å²) in [5.41, 5.74) is 0.664. The Morgan fingerprint density at radius 2 is 2.24 bits per heavy atom. The minimum atomic E-state index is 0.442. The minimum Gasteiger partial charge on any atom is -0.433 e. The van der Waals surface area contributed by atoms with Crippen molar-refractivity contribution in [3.63, 3.8) is 0 Å². The molecule has 0 N–H and O–H groups in total. The molecule has 0 aliphatic rings. The lowest BCUT2D eigenvalue weighted by atomic mass is 10.6. The van der Waals surface area contributed by atoms with Gasteiger partial charge < -0.3 is 4.74 Å². The highest BCUT2D eigenvalue weighted by atomic mass is 79.9. The molecule has 0 spiro atoms. The molecule has 0 fully saturated rings. The molecule has 0 amide bonds. The van der Waals surface area contributed by atoms with Crippen molar-refractivity contribution >= 4 is 21.6 Å². The highest BCUT2D eigenvalue weighted by Crippen LogP contribution is 2.24. The molecule has 0 saturated heterocycles. The lowest BCUT2D eigenvalue weighted by Gasteiger charge is -2.03. The Kier molecular flexibility index (Phi) is 2.32. The maximum Gasteiger partial charge on any atom is 0.265 e. The molecule has 3 aromatic heterocycles. The quantitative estimate of drug-likeness (QED) is 0.725. The third-order valence-corrected chi connectivity index (χ3v) is 2.59. The van der Waals surface area contributed by atoms with Gasteiger partial charge in [-0.25, -0.2) is 9.97 Å². The summed E-state index contributed by atoms with van der Waals surface area (Å²) in [6, 6.07) is 0. The number of aromatic nitrogens is 5. The molecular formula is C10H8BrN5O. The van der Waals surface area contributed by atoms with Crippen LogP contribution in [0.4, 0.5) is 0 Å². The van der Waals surface area contributed by atoms with Gasteiger partial charge in [0.15, 0.2) is 5.75 Å². The van der Waals surface area contributed by atoms with Crippen LogP contribution in [0.25, 0.3) is 5.65 Å². The number of hydrogen-bond acceptors (Lipinski definition) is 4. The molecule has 0 radical (unpaired) electrons. The van der Waals surface area contributed by atoms with Gasteiger partial charge in [0.1, 0.15) is 4.60 Å². The van der Waals surface area contributed by atoms with Gasteiger partial charge in [0.25, 0.3) is 5.88 Å². The van der Waals surface area contributed by atoms with E-state index >= 15 is 0 Å². The predicted octanol–water partition coefficient (Wildman–Crippen LogP) is 2.02. The lowest BCUT2D eigenvalue weighted by Crippen LogP contribution is -1.94. The molecule has 7 heteroatoms. The molecule has 0 aromatic carbocycles. The summed E-state index contributed by atoms with van der Waals surface area (Å²) in [5.74, 6) is 1.07. The number of aryl methyl sites for hydroxylation is 1. The lowest BCUT2D eigenvalue weighted by molar-refractivity contribution is 0.463. The number of hydrogen-bond donors (Lipinski definition) is 0. The first kappa shape index (κ1) is 10.3. The van der Waals surface area contributed by atoms with Crippen LogP contribution in [0.2, 0.25) is 0 Å². The summed E-state index contributed by atoms with van der Waals surface area (Å²) in [5, 5.41) is 4.03. The van der Waals surface area contributed by atoms with Crippen molar-refractivity contribution in [2.24, 2.45) is 7.05 Å². The van der Waals surface area contributed by atoms with E-state index < -0.39 is 0 Å². The fraction of sp³-hybridized carbons (Fsp3) is 0.100. The molecule has 3 heterocycles. The van der Waals surface area contributed by atoms with Gasteiger partial charge in [0.05, 0.1) is 12.4 Å². The van der Waals surface area contributed by atoms with Crippen molar-refractivity contribution in [2.45, 2.75) is 0 Å². The van der Waals surface area contributed by atoms with Gasteiger partial charge in [-0.1, -0.05) is 0 Å². The fourth-order valence-electron chi connectivity index (χ4n) is 1.51. The zero-order chi connectivity index (χ0) is 11.8. The van der Waals surface area contributed by atoms with E-state index in [9.17, 15) is 0 Å². The number of nitrogens with zero attached hydrogens (tertiary/aromatic N) is 5. The Morgan fingerprint density at radius 1 is 1.35 bits per heavy atom. The van der Waals surface area contributed by atoms with Crippen LogP contribution in [-0.2, 0) is 7.05 Å². The standard InChI is InChI=1S/C10H8BrN5O/c1-15-5-7(4-13-15)17-10-9-12-2-3-16(9)6-8(11)14-10/h2-6H,1H3. The highest BCUT2D eigenvalue weighted by Gasteiger charge is 2.09. The summed E-state index contributed by atoms with van der Waals surface area (Å²) in [7, 11) is 1.83. The number of fused-ring (bicyclic) bond motifs is 1. The summed E-state index contributed by atoms with van der Waals surface area (Å²) < 4.78 is 9.83. The molecule has 0 aliphatic carbocycles. The summed E-state index contributed by atoms with van der Waals surface area (Å²) in [6.45, 7) is 0. The van der Waals surface area contributed by atoms with Crippen LogP contribution < -0.4 is 4.74 Å². The van der Waals surface area contributed by atoms with E-state index in [-0.39, 0.29) is 0 Å². The smallest absolute Gasteiger partial charge is 0.265 e. The van der Waals surface area contributed by atoms with Gasteiger partial charge in [0, 0.05) is 25.6 Å². The average Bonchev–Trinajstić information content (AvgIpc) is 2.87. The zero-order valence-corrected chi connectivity index (χ0v) is 10.5. The third kappa shape index (κ3) is 1.89. The van der Waals surface area contributed by atoms with Crippen LogP contribution >= 0.6 is 15.9 Å². The van der Waals surface area contributed by atoms with Gasteiger partial charge in [-0.2, -0.15) is 5.10 Å². The molecule has 0 saturated carbocycles. The number of rotatable bonds is 2. The molecule has 3 rings (SSSR count). The molecule has 0 unspecified atom stereocenters. The highest BCUT2D eigenvalue weighted by molar-refractivity contribution is 9.10. The topological polar surface area (TPSA) is 57.2 Å². The first-order valence-corrected chi connectivity index (χ1v) is 5.67. The van der Waals surface area contributed by atoms with Gasteiger partial charge >= 0.3 is 0 Å². The van der Waals surface area contributed by atoms with Crippen LogP contribution in [0.15, 0.2) is 35.6 Å². The summed E-state index contributed by atoms with van der Waals surface area (Å²) in [4.78, 5) is 8.44. The molecule has 0 bridgehead atoms. The second-order valence-electron chi connectivity index (χ2n) is 3.48.